The Balaban J connectivity index is 1.31. The van der Waals surface area contributed by atoms with Crippen LogP contribution in [0.4, 0.5) is 11.8 Å². The van der Waals surface area contributed by atoms with Crippen LogP contribution in [-0.2, 0) is 6.54 Å². The Morgan fingerprint density at radius 2 is 1.90 bits per heavy atom. The highest BCUT2D eigenvalue weighted by Gasteiger charge is 2.22. The maximum atomic E-state index is 4.78. The van der Waals surface area contributed by atoms with Crippen LogP contribution in [-0.4, -0.2) is 46.2 Å². The first-order valence-corrected chi connectivity index (χ1v) is 11.1. The van der Waals surface area contributed by atoms with Crippen molar-refractivity contribution in [2.45, 2.75) is 45.2 Å². The van der Waals surface area contributed by atoms with Crippen molar-refractivity contribution < 1.29 is 0 Å². The van der Waals surface area contributed by atoms with E-state index in [1.807, 2.05) is 33.2 Å². The molecule has 1 aliphatic rings. The van der Waals surface area contributed by atoms with Gasteiger partial charge >= 0.3 is 0 Å². The van der Waals surface area contributed by atoms with Crippen molar-refractivity contribution in [3.8, 4) is 0 Å². The first-order chi connectivity index (χ1) is 14.1. The predicted octanol–water partition coefficient (Wildman–Crippen LogP) is 3.62. The molecular weight excluding hydrogens is 382 g/mol. The third kappa shape index (κ3) is 4.82. The van der Waals surface area contributed by atoms with Gasteiger partial charge in [-0.3, -0.25) is 0 Å². The number of aryl methyl sites for hydroxylation is 1. The van der Waals surface area contributed by atoms with E-state index in [9.17, 15) is 0 Å². The highest BCUT2D eigenvalue weighted by molar-refractivity contribution is 7.05. The lowest BCUT2D eigenvalue weighted by molar-refractivity contribution is 0.324. The van der Waals surface area contributed by atoms with Gasteiger partial charge in [-0.05, 0) is 68.7 Å². The zero-order chi connectivity index (χ0) is 20.2. The summed E-state index contributed by atoms with van der Waals surface area (Å²) in [5.74, 6) is 2.43. The van der Waals surface area contributed by atoms with Crippen LogP contribution in [0.5, 0.6) is 0 Å². The van der Waals surface area contributed by atoms with E-state index in [1.165, 1.54) is 29.3 Å². The molecule has 0 aliphatic heterocycles. The molecule has 2 heterocycles. The fraction of sp³-hybridized carbons (Fsp3) is 0.524. The molecule has 1 aliphatic carbocycles. The van der Waals surface area contributed by atoms with Gasteiger partial charge in [0.05, 0.1) is 16.1 Å². The Morgan fingerprint density at radius 1 is 1.10 bits per heavy atom. The summed E-state index contributed by atoms with van der Waals surface area (Å²) >= 11 is 1.49. The average molecular weight is 412 g/mol. The quantitative estimate of drug-likeness (QED) is 0.615. The summed E-state index contributed by atoms with van der Waals surface area (Å²) in [4.78, 5) is 12.8. The van der Waals surface area contributed by atoms with Gasteiger partial charge in [0.1, 0.15) is 5.82 Å². The maximum Gasteiger partial charge on any atom is 0.225 e. The molecule has 0 bridgehead atoms. The minimum absolute atomic E-state index is 0.440. The number of benzene rings is 1. The normalized spacial score (nSPS) is 19.4. The van der Waals surface area contributed by atoms with Crippen molar-refractivity contribution in [3.63, 3.8) is 0 Å². The van der Waals surface area contributed by atoms with Gasteiger partial charge in [-0.1, -0.05) is 16.6 Å². The van der Waals surface area contributed by atoms with Crippen LogP contribution >= 0.6 is 11.5 Å². The SMILES string of the molecule is Cc1nnsc1CNCC1CCC(Nc2nc(N(C)C)c3ccccc3n2)CC1. The fourth-order valence-electron chi connectivity index (χ4n) is 3.96. The van der Waals surface area contributed by atoms with E-state index in [2.05, 4.69) is 37.3 Å². The van der Waals surface area contributed by atoms with E-state index >= 15 is 0 Å². The monoisotopic (exact) mass is 411 g/mol. The Labute approximate surface area is 176 Å². The molecule has 2 N–H and O–H groups in total. The minimum Gasteiger partial charge on any atom is -0.362 e. The van der Waals surface area contributed by atoms with E-state index < -0.39 is 0 Å². The summed E-state index contributed by atoms with van der Waals surface area (Å²) in [6.07, 6.45) is 4.75. The minimum atomic E-state index is 0.440. The van der Waals surface area contributed by atoms with Gasteiger partial charge in [-0.2, -0.15) is 4.98 Å². The molecule has 0 amide bonds. The van der Waals surface area contributed by atoms with Crippen LogP contribution in [0, 0.1) is 12.8 Å². The van der Waals surface area contributed by atoms with E-state index in [-0.39, 0.29) is 0 Å². The Hall–Kier alpha value is -2.32. The van der Waals surface area contributed by atoms with Crippen LogP contribution in [0.15, 0.2) is 24.3 Å². The first kappa shape index (κ1) is 20.0. The van der Waals surface area contributed by atoms with Gasteiger partial charge in [0.2, 0.25) is 5.95 Å². The molecule has 7 nitrogen and oxygen atoms in total. The van der Waals surface area contributed by atoms with E-state index in [1.54, 1.807) is 0 Å². The average Bonchev–Trinajstić information content (AvgIpc) is 3.13. The Bertz CT molecular complexity index is 947. The van der Waals surface area contributed by atoms with Crippen LogP contribution < -0.4 is 15.5 Å². The number of rotatable bonds is 7. The van der Waals surface area contributed by atoms with Crippen molar-refractivity contribution in [1.82, 2.24) is 24.9 Å². The number of nitrogens with zero attached hydrogens (tertiary/aromatic N) is 5. The number of anilines is 2. The van der Waals surface area contributed by atoms with Crippen molar-refractivity contribution in [1.29, 1.82) is 0 Å². The van der Waals surface area contributed by atoms with E-state index in [0.717, 1.165) is 60.2 Å². The summed E-state index contributed by atoms with van der Waals surface area (Å²) in [7, 11) is 4.06. The molecular formula is C21H29N7S. The second kappa shape index (κ2) is 9.00. The largest absolute Gasteiger partial charge is 0.362 e. The topological polar surface area (TPSA) is 78.9 Å². The highest BCUT2D eigenvalue weighted by atomic mass is 32.1. The molecule has 0 saturated heterocycles. The van der Waals surface area contributed by atoms with Crippen molar-refractivity contribution in [2.24, 2.45) is 5.92 Å². The molecule has 8 heteroatoms. The summed E-state index contributed by atoms with van der Waals surface area (Å²) < 4.78 is 4.00. The van der Waals surface area contributed by atoms with Crippen molar-refractivity contribution in [2.75, 3.05) is 30.9 Å². The van der Waals surface area contributed by atoms with Gasteiger partial charge < -0.3 is 15.5 Å². The van der Waals surface area contributed by atoms with E-state index in [4.69, 9.17) is 9.97 Å². The third-order valence-corrected chi connectivity index (χ3v) is 6.47. The van der Waals surface area contributed by atoms with Crippen LogP contribution in [0.3, 0.4) is 0 Å². The number of fused-ring (bicyclic) bond motifs is 1. The zero-order valence-corrected chi connectivity index (χ0v) is 18.2. The Morgan fingerprint density at radius 3 is 2.62 bits per heavy atom. The molecule has 1 aromatic carbocycles. The predicted molar refractivity (Wildman–Crippen MR) is 120 cm³/mol. The van der Waals surface area contributed by atoms with Gasteiger partial charge in [-0.25, -0.2) is 4.98 Å². The Kier molecular flexibility index (Phi) is 6.20. The smallest absolute Gasteiger partial charge is 0.225 e. The van der Waals surface area contributed by atoms with Gasteiger partial charge in [0.15, 0.2) is 0 Å². The van der Waals surface area contributed by atoms with Gasteiger partial charge in [0.25, 0.3) is 0 Å². The molecule has 29 heavy (non-hydrogen) atoms. The second-order valence-corrected chi connectivity index (χ2v) is 8.90. The molecule has 0 atom stereocenters. The van der Waals surface area contributed by atoms with Crippen LogP contribution in [0.25, 0.3) is 10.9 Å². The number of para-hydroxylation sites is 1. The molecule has 0 unspecified atom stereocenters. The lowest BCUT2D eigenvalue weighted by Gasteiger charge is -2.29. The van der Waals surface area contributed by atoms with Crippen LogP contribution in [0.1, 0.15) is 36.3 Å². The fourth-order valence-corrected chi connectivity index (χ4v) is 4.56. The summed E-state index contributed by atoms with van der Waals surface area (Å²) in [6.45, 7) is 3.95. The van der Waals surface area contributed by atoms with Gasteiger partial charge in [-0.15, -0.1) is 5.10 Å². The second-order valence-electron chi connectivity index (χ2n) is 8.06. The zero-order valence-electron chi connectivity index (χ0n) is 17.4. The highest BCUT2D eigenvalue weighted by Crippen LogP contribution is 2.28. The molecule has 3 aromatic rings. The maximum absolute atomic E-state index is 4.78. The lowest BCUT2D eigenvalue weighted by atomic mass is 9.86. The number of aromatic nitrogens is 4. The lowest BCUT2D eigenvalue weighted by Crippen LogP contribution is -2.31. The van der Waals surface area contributed by atoms with Gasteiger partial charge in [0, 0.05) is 32.1 Å². The molecule has 1 fully saturated rings. The first-order valence-electron chi connectivity index (χ1n) is 10.3. The number of hydrogen-bond acceptors (Lipinski definition) is 8. The van der Waals surface area contributed by atoms with Crippen molar-refractivity contribution in [3.05, 3.63) is 34.8 Å². The van der Waals surface area contributed by atoms with E-state index in [0.29, 0.717) is 6.04 Å². The molecule has 154 valence electrons. The molecule has 2 aromatic heterocycles. The summed E-state index contributed by atoms with van der Waals surface area (Å²) in [5, 5.41) is 12.3. The van der Waals surface area contributed by atoms with Crippen LogP contribution in [0.2, 0.25) is 0 Å². The van der Waals surface area contributed by atoms with Crippen molar-refractivity contribution >= 4 is 34.2 Å². The summed E-state index contributed by atoms with van der Waals surface area (Å²) in [5.41, 5.74) is 2.03. The molecule has 1 saturated carbocycles. The number of hydrogen-bond donors (Lipinski definition) is 2. The number of nitrogens with one attached hydrogen (secondary N) is 2. The standard InChI is InChI=1S/C21H29N7S/c1-14-19(29-27-26-14)13-22-12-15-8-10-16(11-9-15)23-21-24-18-7-5-4-6-17(18)20(25-21)28(2)3/h4-7,15-16,22H,8-13H2,1-3H3,(H,23,24,25). The molecule has 0 radical (unpaired) electrons. The summed E-state index contributed by atoms with van der Waals surface area (Å²) in [6, 6.07) is 8.64. The molecule has 4 rings (SSSR count). The molecule has 0 spiro atoms. The third-order valence-electron chi connectivity index (χ3n) is 5.65.